The molecule has 1 heterocycles. The number of carbonyl (C=O) groups is 1. The zero-order valence-electron chi connectivity index (χ0n) is 10.6. The fourth-order valence-electron chi connectivity index (χ4n) is 2.27. The van der Waals surface area contributed by atoms with Gasteiger partial charge in [0.2, 0.25) is 0 Å². The van der Waals surface area contributed by atoms with Crippen molar-refractivity contribution in [1.29, 1.82) is 0 Å². The van der Waals surface area contributed by atoms with Crippen LogP contribution in [0.4, 0.5) is 0 Å². The number of nitrogens with zero attached hydrogens (tertiary/aromatic N) is 1. The number of hydrogen-bond donors (Lipinski definition) is 1. The summed E-state index contributed by atoms with van der Waals surface area (Å²) in [6.07, 6.45) is 6.00. The van der Waals surface area contributed by atoms with E-state index in [9.17, 15) is 4.79 Å². The fourth-order valence-corrected chi connectivity index (χ4v) is 3.71. The quantitative estimate of drug-likeness (QED) is 0.684. The lowest BCUT2D eigenvalue weighted by atomic mass is 10.1. The van der Waals surface area contributed by atoms with Crippen LogP contribution in [0.5, 0.6) is 0 Å². The van der Waals surface area contributed by atoms with Gasteiger partial charge in [0.15, 0.2) is 0 Å². The minimum Gasteiger partial charge on any atom is -0.392 e. The van der Waals surface area contributed by atoms with Gasteiger partial charge >= 0.3 is 0 Å². The summed E-state index contributed by atoms with van der Waals surface area (Å²) in [6, 6.07) is 2.06. The third kappa shape index (κ3) is 3.09. The van der Waals surface area contributed by atoms with Crippen molar-refractivity contribution in [2.24, 2.45) is 5.73 Å². The van der Waals surface area contributed by atoms with E-state index in [1.54, 1.807) is 23.3 Å². The van der Waals surface area contributed by atoms with Gasteiger partial charge in [0.05, 0.1) is 16.4 Å². The summed E-state index contributed by atoms with van der Waals surface area (Å²) < 4.78 is 0. The van der Waals surface area contributed by atoms with Gasteiger partial charge in [0, 0.05) is 11.9 Å². The van der Waals surface area contributed by atoms with Crippen molar-refractivity contribution in [2.45, 2.75) is 32.1 Å². The molecule has 0 atom stereocenters. The van der Waals surface area contributed by atoms with E-state index in [4.69, 9.17) is 18.0 Å². The Labute approximate surface area is 117 Å². The lowest BCUT2D eigenvalue weighted by Crippen LogP contribution is -2.34. The van der Waals surface area contributed by atoms with Crippen LogP contribution in [0.25, 0.3) is 0 Å². The highest BCUT2D eigenvalue weighted by Gasteiger charge is 2.19. The van der Waals surface area contributed by atoms with Crippen molar-refractivity contribution < 1.29 is 4.79 Å². The van der Waals surface area contributed by atoms with Crippen LogP contribution in [-0.4, -0.2) is 29.4 Å². The third-order valence-electron chi connectivity index (χ3n) is 3.20. The number of thiocarbonyl (C=S) groups is 1. The number of thiophene rings is 1. The van der Waals surface area contributed by atoms with Crippen LogP contribution < -0.4 is 5.73 Å². The molecule has 0 bridgehead atoms. The lowest BCUT2D eigenvalue weighted by molar-refractivity contribution is 0.0819. The molecule has 0 fully saturated rings. The number of nitrogens with two attached hydrogens (primary N) is 1. The zero-order chi connectivity index (χ0) is 13.1. The summed E-state index contributed by atoms with van der Waals surface area (Å²) in [5.74, 6) is 0.0286. The molecule has 1 amide bonds. The smallest absolute Gasteiger partial charge is 0.264 e. The first-order valence-electron chi connectivity index (χ1n) is 6.23. The monoisotopic (exact) mass is 282 g/mol. The minimum atomic E-state index is 0.0286. The van der Waals surface area contributed by atoms with E-state index in [2.05, 4.69) is 6.07 Å². The maximum absolute atomic E-state index is 12.2. The van der Waals surface area contributed by atoms with Crippen LogP contribution in [0.15, 0.2) is 6.07 Å². The Morgan fingerprint density at radius 3 is 2.89 bits per heavy atom. The number of aryl methyl sites for hydroxylation is 2. The molecule has 1 aromatic rings. The molecule has 2 rings (SSSR count). The van der Waals surface area contributed by atoms with E-state index < -0.39 is 0 Å². The molecular weight excluding hydrogens is 264 g/mol. The number of likely N-dealkylation sites (N-methyl/N-ethyl adjacent to an activating group) is 1. The Kier molecular flexibility index (Phi) is 4.35. The van der Waals surface area contributed by atoms with Gasteiger partial charge < -0.3 is 10.6 Å². The van der Waals surface area contributed by atoms with E-state index in [0.717, 1.165) is 17.7 Å². The van der Waals surface area contributed by atoms with Gasteiger partial charge in [-0.25, -0.2) is 0 Å². The average molecular weight is 282 g/mol. The predicted molar refractivity (Wildman–Crippen MR) is 79.3 cm³/mol. The first-order valence-corrected chi connectivity index (χ1v) is 7.45. The Bertz CT molecular complexity index is 444. The molecule has 0 aromatic carbocycles. The lowest BCUT2D eigenvalue weighted by Gasteiger charge is -2.14. The Morgan fingerprint density at radius 1 is 1.44 bits per heavy atom. The first kappa shape index (κ1) is 13.5. The molecule has 0 aliphatic heterocycles. The number of rotatable bonds is 3. The third-order valence-corrected chi connectivity index (χ3v) is 4.55. The number of hydrogen-bond acceptors (Lipinski definition) is 3. The first-order chi connectivity index (χ1) is 8.58. The maximum atomic E-state index is 12.2. The minimum absolute atomic E-state index is 0.0286. The molecule has 98 valence electrons. The van der Waals surface area contributed by atoms with Gasteiger partial charge in [0.1, 0.15) is 0 Å². The number of carbonyl (C=O) groups excluding carboxylic acids is 1. The SMILES string of the molecule is CN(CC(N)=S)C(=O)c1cc2c(s1)CCCCC2. The summed E-state index contributed by atoms with van der Waals surface area (Å²) >= 11 is 6.47. The molecular formula is C13H18N2OS2. The van der Waals surface area contributed by atoms with E-state index in [1.807, 2.05) is 0 Å². The van der Waals surface area contributed by atoms with Gasteiger partial charge in [-0.05, 0) is 37.3 Å². The topological polar surface area (TPSA) is 46.3 Å². The number of fused-ring (bicyclic) bond motifs is 1. The Hall–Kier alpha value is -0.940. The fraction of sp³-hybridized carbons (Fsp3) is 0.538. The highest BCUT2D eigenvalue weighted by Crippen LogP contribution is 2.29. The van der Waals surface area contributed by atoms with E-state index in [1.165, 1.54) is 29.7 Å². The van der Waals surface area contributed by atoms with Crippen LogP contribution in [0.1, 0.15) is 39.4 Å². The van der Waals surface area contributed by atoms with Crippen molar-refractivity contribution in [3.05, 3.63) is 21.4 Å². The van der Waals surface area contributed by atoms with E-state index >= 15 is 0 Å². The van der Waals surface area contributed by atoms with Crippen molar-refractivity contribution in [1.82, 2.24) is 4.90 Å². The molecule has 2 N–H and O–H groups in total. The van der Waals surface area contributed by atoms with Gasteiger partial charge in [-0.3, -0.25) is 4.79 Å². The van der Waals surface area contributed by atoms with Gasteiger partial charge in [0.25, 0.3) is 5.91 Å². The molecule has 3 nitrogen and oxygen atoms in total. The molecule has 0 saturated carbocycles. The zero-order valence-corrected chi connectivity index (χ0v) is 12.2. The van der Waals surface area contributed by atoms with Gasteiger partial charge in [-0.2, -0.15) is 0 Å². The van der Waals surface area contributed by atoms with Gasteiger partial charge in [-0.1, -0.05) is 18.6 Å². The molecule has 0 unspecified atom stereocenters. The second kappa shape index (κ2) is 5.80. The molecule has 5 heteroatoms. The molecule has 18 heavy (non-hydrogen) atoms. The van der Waals surface area contributed by atoms with Gasteiger partial charge in [-0.15, -0.1) is 11.3 Å². The van der Waals surface area contributed by atoms with Crippen molar-refractivity contribution in [3.8, 4) is 0 Å². The largest absolute Gasteiger partial charge is 0.392 e. The summed E-state index contributed by atoms with van der Waals surface area (Å²) in [6.45, 7) is 0.344. The van der Waals surface area contributed by atoms with Crippen LogP contribution in [0.2, 0.25) is 0 Å². The van der Waals surface area contributed by atoms with Crippen molar-refractivity contribution >= 4 is 34.5 Å². The maximum Gasteiger partial charge on any atom is 0.264 e. The van der Waals surface area contributed by atoms with E-state index in [0.29, 0.717) is 11.5 Å². The van der Waals surface area contributed by atoms with Crippen LogP contribution in [-0.2, 0) is 12.8 Å². The standard InChI is InChI=1S/C13H18N2OS2/c1-15(8-12(14)17)13(16)11-7-9-5-3-2-4-6-10(9)18-11/h7H,2-6,8H2,1H3,(H2,14,17). The average Bonchev–Trinajstić information content (AvgIpc) is 2.59. The van der Waals surface area contributed by atoms with Crippen LogP contribution in [0.3, 0.4) is 0 Å². The number of amides is 1. The van der Waals surface area contributed by atoms with Crippen LogP contribution >= 0.6 is 23.6 Å². The summed E-state index contributed by atoms with van der Waals surface area (Å²) in [7, 11) is 1.74. The Balaban J connectivity index is 2.14. The second-order valence-electron chi connectivity index (χ2n) is 4.75. The second-order valence-corrected chi connectivity index (χ2v) is 6.41. The molecule has 1 aliphatic rings. The molecule has 1 aromatic heterocycles. The highest BCUT2D eigenvalue weighted by molar-refractivity contribution is 7.80. The highest BCUT2D eigenvalue weighted by atomic mass is 32.1. The summed E-state index contributed by atoms with van der Waals surface area (Å²) in [4.78, 5) is 16.4. The Morgan fingerprint density at radius 2 is 2.17 bits per heavy atom. The molecule has 0 saturated heterocycles. The molecule has 0 spiro atoms. The summed E-state index contributed by atoms with van der Waals surface area (Å²) in [5.41, 5.74) is 6.83. The summed E-state index contributed by atoms with van der Waals surface area (Å²) in [5, 5.41) is 0. The predicted octanol–water partition coefficient (Wildman–Crippen LogP) is 2.38. The van der Waals surface area contributed by atoms with Crippen LogP contribution in [0, 0.1) is 0 Å². The molecule has 1 aliphatic carbocycles. The normalized spacial score (nSPS) is 14.7. The van der Waals surface area contributed by atoms with E-state index in [-0.39, 0.29) is 5.91 Å². The van der Waals surface area contributed by atoms with Crippen molar-refractivity contribution in [2.75, 3.05) is 13.6 Å². The van der Waals surface area contributed by atoms with Crippen molar-refractivity contribution in [3.63, 3.8) is 0 Å². The molecule has 0 radical (unpaired) electrons.